The molecule has 0 saturated heterocycles. The van der Waals surface area contributed by atoms with Crippen LogP contribution in [-0.2, 0) is 0 Å². The zero-order valence-corrected chi connectivity index (χ0v) is 33.7. The fraction of sp³-hybridized carbons (Fsp3) is 0.0952. The van der Waals surface area contributed by atoms with Crippen LogP contribution in [-0.4, -0.2) is 52.2 Å². The van der Waals surface area contributed by atoms with Crippen LogP contribution < -0.4 is 32.1 Å². The highest BCUT2D eigenvalue weighted by atomic mass is 16.6. The van der Waals surface area contributed by atoms with Crippen molar-refractivity contribution >= 4 is 82.2 Å². The van der Waals surface area contributed by atoms with E-state index in [1.807, 2.05) is 88.4 Å². The number of anilines is 10. The van der Waals surface area contributed by atoms with Gasteiger partial charge in [-0.25, -0.2) is 10.9 Å². The summed E-state index contributed by atoms with van der Waals surface area (Å²) >= 11 is 0. The van der Waals surface area contributed by atoms with Gasteiger partial charge >= 0.3 is 0 Å². The van der Waals surface area contributed by atoms with Crippen molar-refractivity contribution < 1.29 is 9.85 Å². The number of nitrogens with one attached hydrogen (secondary N) is 6. The van der Waals surface area contributed by atoms with Crippen molar-refractivity contribution in [2.45, 2.75) is 27.7 Å². The molecular weight excluding hydrogens is 793 g/mol. The average molecular weight is 831 g/mol. The van der Waals surface area contributed by atoms with Gasteiger partial charge in [-0.2, -0.15) is 40.1 Å². The van der Waals surface area contributed by atoms with Crippen LogP contribution >= 0.6 is 0 Å². The molecule has 5 aromatic carbocycles. The van der Waals surface area contributed by atoms with Crippen molar-refractivity contribution in [3.05, 3.63) is 163 Å². The van der Waals surface area contributed by atoms with Crippen LogP contribution in [0.15, 0.2) is 119 Å². The summed E-state index contributed by atoms with van der Waals surface area (Å²) in [4.78, 5) is 48.1. The molecule has 7 aromatic rings. The maximum absolute atomic E-state index is 11.1. The van der Waals surface area contributed by atoms with Crippen molar-refractivity contribution in [1.82, 2.24) is 29.9 Å². The largest absolute Gasteiger partial charge is 0.324 e. The van der Waals surface area contributed by atoms with Crippen LogP contribution in [0, 0.1) is 47.9 Å². The molecule has 2 heterocycles. The molecule has 0 aliphatic heterocycles. The number of hydrogen-bond donors (Lipinski definition) is 6. The first kappa shape index (κ1) is 41.2. The van der Waals surface area contributed by atoms with Gasteiger partial charge in [-0.05, 0) is 110 Å². The van der Waals surface area contributed by atoms with Crippen LogP contribution in [0.1, 0.15) is 33.4 Å². The highest BCUT2D eigenvalue weighted by Crippen LogP contribution is 2.24. The second-order valence-electron chi connectivity index (χ2n) is 13.7. The molecule has 0 aliphatic rings. The van der Waals surface area contributed by atoms with E-state index in [0.717, 1.165) is 44.8 Å². The summed E-state index contributed by atoms with van der Waals surface area (Å²) in [6.45, 7) is 8.06. The Morgan fingerprint density at radius 3 is 1.05 bits per heavy atom. The van der Waals surface area contributed by atoms with Gasteiger partial charge in [0.15, 0.2) is 0 Å². The molecule has 62 heavy (non-hydrogen) atoms. The molecule has 0 saturated carbocycles. The summed E-state index contributed by atoms with van der Waals surface area (Å²) in [5.41, 5.74) is 14.2. The lowest BCUT2D eigenvalue weighted by Gasteiger charge is -2.11. The molecule has 20 heteroatoms. The molecule has 0 aliphatic carbocycles. The number of aryl methyl sites for hydroxylation is 4. The van der Waals surface area contributed by atoms with E-state index in [0.29, 0.717) is 11.4 Å². The second kappa shape index (κ2) is 18.8. The summed E-state index contributed by atoms with van der Waals surface area (Å²) < 4.78 is 0. The Labute approximate surface area is 354 Å². The topological polar surface area (TPSA) is 261 Å². The van der Waals surface area contributed by atoms with Crippen LogP contribution in [0.4, 0.5) is 69.8 Å². The van der Waals surface area contributed by atoms with Gasteiger partial charge in [0.05, 0.1) is 22.3 Å². The van der Waals surface area contributed by atoms with E-state index in [9.17, 15) is 20.2 Å². The van der Waals surface area contributed by atoms with Crippen LogP contribution in [0.5, 0.6) is 0 Å². The minimum absolute atomic E-state index is 0.0426. The Kier molecular flexibility index (Phi) is 12.5. The van der Waals surface area contributed by atoms with Crippen molar-refractivity contribution in [2.75, 3.05) is 32.1 Å². The summed E-state index contributed by atoms with van der Waals surface area (Å²) in [7, 11) is 0. The van der Waals surface area contributed by atoms with Crippen LogP contribution in [0.3, 0.4) is 0 Å². The van der Waals surface area contributed by atoms with Gasteiger partial charge in [0.1, 0.15) is 0 Å². The second-order valence-corrected chi connectivity index (χ2v) is 13.7. The summed E-state index contributed by atoms with van der Waals surface area (Å²) in [5.74, 6) is 1.12. The summed E-state index contributed by atoms with van der Waals surface area (Å²) in [6, 6.07) is 30.9. The first-order valence-electron chi connectivity index (χ1n) is 18.8. The summed E-state index contributed by atoms with van der Waals surface area (Å²) in [5, 5.41) is 43.4. The predicted molar refractivity (Wildman–Crippen MR) is 240 cm³/mol. The van der Waals surface area contributed by atoms with Gasteiger partial charge < -0.3 is 21.3 Å². The highest BCUT2D eigenvalue weighted by molar-refractivity contribution is 5.84. The highest BCUT2D eigenvalue weighted by Gasteiger charge is 2.12. The normalized spacial score (nSPS) is 11.0. The maximum Gasteiger partial charge on any atom is 0.269 e. The molecule has 0 fully saturated rings. The van der Waals surface area contributed by atoms with E-state index in [1.54, 1.807) is 36.7 Å². The lowest BCUT2D eigenvalue weighted by Crippen LogP contribution is -2.07. The number of nitro benzene ring substituents is 2. The molecule has 310 valence electrons. The number of non-ortho nitro benzene ring substituents is 2. The third-order valence-corrected chi connectivity index (χ3v) is 9.16. The quantitative estimate of drug-likeness (QED) is 0.0301. The molecule has 0 bridgehead atoms. The van der Waals surface area contributed by atoms with Crippen LogP contribution in [0.25, 0.3) is 0 Å². The molecule has 2 aromatic heterocycles. The lowest BCUT2D eigenvalue weighted by molar-refractivity contribution is -0.385. The molecular formula is C42H38N16O4. The smallest absolute Gasteiger partial charge is 0.269 e. The number of aromatic nitrogens is 6. The lowest BCUT2D eigenvalue weighted by atomic mass is 10.1. The molecule has 0 atom stereocenters. The van der Waals surface area contributed by atoms with E-state index in [4.69, 9.17) is 0 Å². The SMILES string of the molecule is Cc1ccc(Nc2nc(NN=Cc3ccc(C=NNc4nc(Nc5ccc([N+](=O)[O-])cc5)nc(Nc5ccc(C)c(C)c5)n4)cc3)nc(Nc3ccc([N+](=O)[O-])cc3)n2)cc1C. The zero-order chi connectivity index (χ0) is 43.6. The first-order chi connectivity index (χ1) is 29.9. The predicted octanol–water partition coefficient (Wildman–Crippen LogP) is 8.97. The van der Waals surface area contributed by atoms with Gasteiger partial charge in [0.2, 0.25) is 35.7 Å². The Morgan fingerprint density at radius 1 is 0.419 bits per heavy atom. The van der Waals surface area contributed by atoms with Crippen LogP contribution in [0.2, 0.25) is 0 Å². The standard InChI is InChI=1S/C42H38N16O4/c1-25-5-11-33(21-27(25)3)47-39-49-37(45-31-13-17-35(18-14-31)57(59)60)51-41(53-39)55-43-23-29-7-9-30(10-8-29)24-44-56-42-52-38(46-32-15-19-36(20-16-32)58(61)62)50-40(54-42)48-34-12-6-26(2)28(4)22-34/h5-24H,1-4H3,(H3,45,47,49,51,53,55)(H3,46,48,50,52,54,56). The number of hydrazone groups is 2. The van der Waals surface area contributed by atoms with E-state index >= 15 is 0 Å². The third kappa shape index (κ3) is 11.2. The van der Waals surface area contributed by atoms with Crippen molar-refractivity contribution in [1.29, 1.82) is 0 Å². The number of rotatable bonds is 16. The fourth-order valence-corrected chi connectivity index (χ4v) is 5.56. The number of nitrogens with zero attached hydrogens (tertiary/aromatic N) is 10. The Morgan fingerprint density at radius 2 is 0.726 bits per heavy atom. The zero-order valence-electron chi connectivity index (χ0n) is 33.7. The monoisotopic (exact) mass is 830 g/mol. The van der Waals surface area contributed by atoms with E-state index in [1.165, 1.54) is 24.3 Å². The Balaban J connectivity index is 1.03. The summed E-state index contributed by atoms with van der Waals surface area (Å²) in [6.07, 6.45) is 3.19. The minimum Gasteiger partial charge on any atom is -0.324 e. The molecule has 6 N–H and O–H groups in total. The molecule has 0 radical (unpaired) electrons. The average Bonchev–Trinajstić information content (AvgIpc) is 3.24. The van der Waals surface area contributed by atoms with Crippen molar-refractivity contribution in [3.8, 4) is 0 Å². The molecule has 0 unspecified atom stereocenters. The van der Waals surface area contributed by atoms with Gasteiger partial charge in [-0.15, -0.1) is 0 Å². The molecule has 0 spiro atoms. The Bertz CT molecular complexity index is 2610. The third-order valence-electron chi connectivity index (χ3n) is 9.16. The van der Waals surface area contributed by atoms with Crippen molar-refractivity contribution in [3.63, 3.8) is 0 Å². The van der Waals surface area contributed by atoms with Gasteiger partial charge in [0, 0.05) is 47.0 Å². The number of nitro groups is 2. The molecule has 7 rings (SSSR count). The number of hydrogen-bond acceptors (Lipinski definition) is 18. The Hall–Kier alpha value is -8.94. The van der Waals surface area contributed by atoms with Gasteiger partial charge in [-0.3, -0.25) is 20.2 Å². The van der Waals surface area contributed by atoms with E-state index in [-0.39, 0.29) is 47.1 Å². The van der Waals surface area contributed by atoms with Gasteiger partial charge in [0.25, 0.3) is 11.4 Å². The van der Waals surface area contributed by atoms with E-state index < -0.39 is 9.85 Å². The first-order valence-corrected chi connectivity index (χ1v) is 18.8. The molecule has 0 amide bonds. The van der Waals surface area contributed by atoms with Gasteiger partial charge in [-0.1, -0.05) is 36.4 Å². The minimum atomic E-state index is -0.472. The number of benzene rings is 5. The van der Waals surface area contributed by atoms with E-state index in [2.05, 4.69) is 72.2 Å². The molecule has 20 nitrogen and oxygen atoms in total. The maximum atomic E-state index is 11.1. The fourth-order valence-electron chi connectivity index (χ4n) is 5.56. The van der Waals surface area contributed by atoms with Crippen molar-refractivity contribution in [2.24, 2.45) is 10.2 Å².